The summed E-state index contributed by atoms with van der Waals surface area (Å²) in [5.41, 5.74) is 15.5. The first-order chi connectivity index (χ1) is 20.3. The van der Waals surface area contributed by atoms with Gasteiger partial charge in [0.2, 0.25) is 0 Å². The van der Waals surface area contributed by atoms with Gasteiger partial charge in [-0.2, -0.15) is 0 Å². The Morgan fingerprint density at radius 2 is 0.902 bits per heavy atom. The SMILES string of the molecule is c1cc2c(cc1B1OCCCO1)C(c1ccc3c(c1)CC3)(c1ccc3c(c1)CC3)c1cc(B3OCCCO3)ccc1-2. The van der Waals surface area contributed by atoms with Gasteiger partial charge in [-0.3, -0.25) is 0 Å². The van der Waals surface area contributed by atoms with Gasteiger partial charge in [0, 0.05) is 26.4 Å². The van der Waals surface area contributed by atoms with Crippen molar-refractivity contribution in [1.29, 1.82) is 0 Å². The molecule has 4 aromatic rings. The standard InChI is InChI=1S/C35H32B2O4/c1-15-38-36(39-16-1)29-11-13-31-32-14-12-30(37-40-17-2-18-41-37)22-34(32)35(33(31)21-29,27-9-7-23-3-5-25(23)19-27)28-10-8-24-4-6-26(24)20-28/h7-14,19-22H,1-6,15-18H2. The molecule has 41 heavy (non-hydrogen) atoms. The zero-order valence-electron chi connectivity index (χ0n) is 23.3. The molecule has 9 rings (SSSR count). The number of fused-ring (bicyclic) bond motifs is 5. The van der Waals surface area contributed by atoms with E-state index in [1.165, 1.54) is 68.5 Å². The van der Waals surface area contributed by atoms with E-state index in [2.05, 4.69) is 72.8 Å². The fourth-order valence-electron chi connectivity index (χ4n) is 7.66. The third-order valence-electron chi connectivity index (χ3n) is 9.99. The lowest BCUT2D eigenvalue weighted by Gasteiger charge is -2.37. The van der Waals surface area contributed by atoms with Gasteiger partial charge in [0.05, 0.1) is 5.41 Å². The second-order valence-corrected chi connectivity index (χ2v) is 12.2. The molecule has 0 amide bonds. The minimum absolute atomic E-state index is 0.330. The van der Waals surface area contributed by atoms with Crippen LogP contribution in [0, 0.1) is 0 Å². The van der Waals surface area contributed by atoms with Crippen LogP contribution in [0.4, 0.5) is 0 Å². The van der Waals surface area contributed by atoms with Crippen LogP contribution in [-0.4, -0.2) is 40.7 Å². The normalized spacial score (nSPS) is 19.9. The van der Waals surface area contributed by atoms with E-state index in [1.54, 1.807) is 0 Å². The van der Waals surface area contributed by atoms with Crippen LogP contribution in [0.3, 0.4) is 0 Å². The summed E-state index contributed by atoms with van der Waals surface area (Å²) in [6, 6.07) is 28.2. The number of hydrogen-bond acceptors (Lipinski definition) is 4. The molecule has 0 unspecified atom stereocenters. The number of hydrogen-bond donors (Lipinski definition) is 0. The van der Waals surface area contributed by atoms with E-state index < -0.39 is 5.41 Å². The van der Waals surface area contributed by atoms with Crippen molar-refractivity contribution in [3.63, 3.8) is 0 Å². The molecule has 0 saturated carbocycles. The highest BCUT2D eigenvalue weighted by Gasteiger charge is 2.48. The minimum atomic E-state index is -0.463. The van der Waals surface area contributed by atoms with E-state index >= 15 is 0 Å². The maximum absolute atomic E-state index is 6.11. The van der Waals surface area contributed by atoms with Crippen LogP contribution < -0.4 is 10.9 Å². The van der Waals surface area contributed by atoms with Crippen molar-refractivity contribution in [1.82, 2.24) is 0 Å². The van der Waals surface area contributed by atoms with E-state index in [0.717, 1.165) is 63.0 Å². The van der Waals surface area contributed by atoms with Gasteiger partial charge >= 0.3 is 14.2 Å². The summed E-state index contributed by atoms with van der Waals surface area (Å²) in [5, 5.41) is 0. The fourth-order valence-corrected chi connectivity index (χ4v) is 7.66. The summed E-state index contributed by atoms with van der Waals surface area (Å²) in [5.74, 6) is 0. The maximum Gasteiger partial charge on any atom is 0.493 e. The van der Waals surface area contributed by atoms with Crippen LogP contribution in [-0.2, 0) is 49.7 Å². The molecule has 2 aliphatic heterocycles. The Balaban J connectivity index is 1.33. The van der Waals surface area contributed by atoms with E-state index in [1.807, 2.05) is 0 Å². The summed E-state index contributed by atoms with van der Waals surface area (Å²) in [4.78, 5) is 0. The van der Waals surface area contributed by atoms with Crippen molar-refractivity contribution in [2.75, 3.05) is 26.4 Å². The van der Waals surface area contributed by atoms with Crippen molar-refractivity contribution in [2.45, 2.75) is 43.9 Å². The predicted molar refractivity (Wildman–Crippen MR) is 162 cm³/mol. The first kappa shape index (κ1) is 24.4. The molecule has 0 bridgehead atoms. The summed E-state index contributed by atoms with van der Waals surface area (Å²) >= 11 is 0. The quantitative estimate of drug-likeness (QED) is 0.316. The largest absolute Gasteiger partial charge is 0.493 e. The van der Waals surface area contributed by atoms with Crippen molar-refractivity contribution in [2.24, 2.45) is 0 Å². The van der Waals surface area contributed by atoms with Crippen molar-refractivity contribution in [3.8, 4) is 11.1 Å². The first-order valence-corrected chi connectivity index (χ1v) is 15.3. The monoisotopic (exact) mass is 538 g/mol. The summed E-state index contributed by atoms with van der Waals surface area (Å²) < 4.78 is 24.4. The molecule has 4 nitrogen and oxygen atoms in total. The van der Waals surface area contributed by atoms with E-state index in [-0.39, 0.29) is 14.2 Å². The molecule has 2 heterocycles. The molecule has 2 saturated heterocycles. The predicted octanol–water partition coefficient (Wildman–Crippen LogP) is 4.51. The second-order valence-electron chi connectivity index (χ2n) is 12.2. The van der Waals surface area contributed by atoms with Crippen LogP contribution >= 0.6 is 0 Å². The van der Waals surface area contributed by atoms with E-state index in [4.69, 9.17) is 18.6 Å². The van der Waals surface area contributed by atoms with Gasteiger partial charge < -0.3 is 18.6 Å². The molecule has 0 aromatic heterocycles. The lowest BCUT2D eigenvalue weighted by Crippen LogP contribution is -2.42. The molecule has 0 spiro atoms. The average Bonchev–Trinajstić information content (AvgIpc) is 3.29. The molecule has 6 heteroatoms. The van der Waals surface area contributed by atoms with Crippen molar-refractivity contribution >= 4 is 25.2 Å². The van der Waals surface area contributed by atoms with Crippen molar-refractivity contribution in [3.05, 3.63) is 117 Å². The van der Waals surface area contributed by atoms with Gasteiger partial charge in [-0.1, -0.05) is 72.8 Å². The summed E-state index contributed by atoms with van der Waals surface area (Å²) in [7, 11) is -0.660. The van der Waals surface area contributed by atoms with Gasteiger partial charge in [-0.05, 0) is 105 Å². The summed E-state index contributed by atoms with van der Waals surface area (Å²) in [6.07, 6.45) is 6.53. The maximum atomic E-state index is 6.11. The molecule has 4 aromatic carbocycles. The zero-order chi connectivity index (χ0) is 27.0. The van der Waals surface area contributed by atoms with Gasteiger partial charge in [0.15, 0.2) is 0 Å². The molecular weight excluding hydrogens is 506 g/mol. The lowest BCUT2D eigenvalue weighted by molar-refractivity contribution is 0.143. The molecule has 5 aliphatic rings. The molecule has 202 valence electrons. The van der Waals surface area contributed by atoms with E-state index in [9.17, 15) is 0 Å². The fraction of sp³-hybridized carbons (Fsp3) is 0.314. The number of benzene rings is 4. The Morgan fingerprint density at radius 1 is 0.463 bits per heavy atom. The zero-order valence-corrected chi connectivity index (χ0v) is 23.3. The van der Waals surface area contributed by atoms with Gasteiger partial charge in [-0.15, -0.1) is 0 Å². The molecule has 3 aliphatic carbocycles. The first-order valence-electron chi connectivity index (χ1n) is 15.3. The highest BCUT2D eigenvalue weighted by Crippen LogP contribution is 2.56. The molecular formula is C35H32B2O4. The second kappa shape index (κ2) is 9.43. The van der Waals surface area contributed by atoms with Crippen molar-refractivity contribution < 1.29 is 18.6 Å². The lowest BCUT2D eigenvalue weighted by atomic mass is 9.63. The van der Waals surface area contributed by atoms with Crippen LogP contribution in [0.2, 0.25) is 0 Å². The Hall–Kier alpha value is -3.15. The Morgan fingerprint density at radius 3 is 1.29 bits per heavy atom. The highest BCUT2D eigenvalue weighted by atomic mass is 16.6. The van der Waals surface area contributed by atoms with Gasteiger partial charge in [0.1, 0.15) is 0 Å². The van der Waals surface area contributed by atoms with Crippen LogP contribution in [0.15, 0.2) is 72.8 Å². The average molecular weight is 538 g/mol. The molecule has 0 radical (unpaired) electrons. The molecule has 0 atom stereocenters. The number of aryl methyl sites for hydroxylation is 4. The van der Waals surface area contributed by atoms with Gasteiger partial charge in [-0.25, -0.2) is 0 Å². The summed E-state index contributed by atoms with van der Waals surface area (Å²) in [6.45, 7) is 2.92. The molecule has 2 fully saturated rings. The Kier molecular flexibility index (Phi) is 5.63. The highest BCUT2D eigenvalue weighted by molar-refractivity contribution is 6.62. The third kappa shape index (κ3) is 3.64. The van der Waals surface area contributed by atoms with Crippen LogP contribution in [0.25, 0.3) is 11.1 Å². The van der Waals surface area contributed by atoms with Crippen LogP contribution in [0.1, 0.15) is 57.3 Å². The Labute approximate surface area is 242 Å². The smallest absolute Gasteiger partial charge is 0.407 e. The topological polar surface area (TPSA) is 36.9 Å². The van der Waals surface area contributed by atoms with Crippen LogP contribution in [0.5, 0.6) is 0 Å². The van der Waals surface area contributed by atoms with Gasteiger partial charge in [0.25, 0.3) is 0 Å². The Bertz CT molecular complexity index is 1560. The minimum Gasteiger partial charge on any atom is -0.407 e. The molecule has 0 N–H and O–H groups in total. The third-order valence-corrected chi connectivity index (χ3v) is 9.99. The number of rotatable bonds is 4. The van der Waals surface area contributed by atoms with E-state index in [0.29, 0.717) is 0 Å².